The van der Waals surface area contributed by atoms with Crippen LogP contribution >= 0.6 is 0 Å². The molecule has 0 bridgehead atoms. The number of hydrogen-bond acceptors (Lipinski definition) is 5. The second kappa shape index (κ2) is 13.5. The number of rotatable bonds is 8. The molecule has 0 radical (unpaired) electrons. The Morgan fingerprint density at radius 3 is 2.22 bits per heavy atom. The topological polar surface area (TPSA) is 119 Å². The van der Waals surface area contributed by atoms with Gasteiger partial charge in [-0.3, -0.25) is 14.9 Å². The molecule has 1 amide bonds. The highest BCUT2D eigenvalue weighted by molar-refractivity contribution is 5.95. The smallest absolute Gasteiger partial charge is 0.346 e. The first-order valence-electron chi connectivity index (χ1n) is 9.12. The minimum Gasteiger partial charge on any atom is -0.491 e. The average molecular weight is 384 g/mol. The van der Waals surface area contributed by atoms with Gasteiger partial charge in [0, 0.05) is 12.6 Å². The molecule has 27 heavy (non-hydrogen) atoms. The summed E-state index contributed by atoms with van der Waals surface area (Å²) < 4.78 is 5.41. The van der Waals surface area contributed by atoms with Gasteiger partial charge in [-0.25, -0.2) is 4.79 Å². The summed E-state index contributed by atoms with van der Waals surface area (Å²) in [5.41, 5.74) is -1.99. The van der Waals surface area contributed by atoms with Crippen molar-refractivity contribution in [3.63, 3.8) is 0 Å². The largest absolute Gasteiger partial charge is 0.491 e. The molecule has 1 aromatic carbocycles. The van der Waals surface area contributed by atoms with Gasteiger partial charge in [-0.15, -0.1) is 0 Å². The summed E-state index contributed by atoms with van der Waals surface area (Å²) in [6.45, 7) is 13.6. The van der Waals surface area contributed by atoms with Gasteiger partial charge in [-0.1, -0.05) is 40.7 Å². The minimum absolute atomic E-state index is 0.107. The van der Waals surface area contributed by atoms with Crippen LogP contribution < -0.4 is 10.1 Å². The lowest BCUT2D eigenvalue weighted by molar-refractivity contribution is -0.385. The van der Waals surface area contributed by atoms with Crippen LogP contribution in [0.3, 0.4) is 0 Å². The van der Waals surface area contributed by atoms with Crippen molar-refractivity contribution in [1.82, 2.24) is 5.32 Å². The Kier molecular flexibility index (Phi) is 13.3. The lowest BCUT2D eigenvalue weighted by Crippen LogP contribution is -2.41. The fraction of sp³-hybridized carbons (Fsp3) is 0.579. The van der Waals surface area contributed by atoms with Crippen molar-refractivity contribution in [3.05, 3.63) is 33.9 Å². The molecule has 0 atom stereocenters. The molecule has 8 nitrogen and oxygen atoms in total. The minimum atomic E-state index is -1.46. The standard InChI is InChI=1S/C15H20N2O6.2C2H6/c1-4-8-16-14(20)15(2,3)9-23-11-7-5-6-10(17(21)22)12(11)13(18)19;2*1-2/h5-7H,4,8-9H2,1-3H3,(H,16,20)(H,18,19);2*1-2H3. The lowest BCUT2D eigenvalue weighted by atomic mass is 9.93. The first kappa shape index (κ1) is 26.6. The second-order valence-corrected chi connectivity index (χ2v) is 5.64. The maximum Gasteiger partial charge on any atom is 0.346 e. The molecule has 0 aliphatic heterocycles. The molecule has 1 rings (SSSR count). The van der Waals surface area contributed by atoms with Gasteiger partial charge >= 0.3 is 5.97 Å². The molecule has 0 unspecified atom stereocenters. The van der Waals surface area contributed by atoms with Gasteiger partial charge in [-0.05, 0) is 26.3 Å². The van der Waals surface area contributed by atoms with Crippen LogP contribution in [0, 0.1) is 15.5 Å². The van der Waals surface area contributed by atoms with E-state index in [1.165, 1.54) is 12.1 Å². The van der Waals surface area contributed by atoms with Gasteiger partial charge in [0.1, 0.15) is 12.4 Å². The van der Waals surface area contributed by atoms with Crippen LogP contribution in [-0.4, -0.2) is 35.1 Å². The van der Waals surface area contributed by atoms with Crippen LogP contribution in [0.5, 0.6) is 5.75 Å². The molecule has 0 aromatic heterocycles. The van der Waals surface area contributed by atoms with Gasteiger partial charge < -0.3 is 15.2 Å². The van der Waals surface area contributed by atoms with E-state index >= 15 is 0 Å². The fourth-order valence-electron chi connectivity index (χ4n) is 1.81. The second-order valence-electron chi connectivity index (χ2n) is 5.64. The Morgan fingerprint density at radius 2 is 1.78 bits per heavy atom. The van der Waals surface area contributed by atoms with Crippen LogP contribution in [0.25, 0.3) is 0 Å². The van der Waals surface area contributed by atoms with E-state index in [4.69, 9.17) is 4.74 Å². The van der Waals surface area contributed by atoms with Crippen molar-refractivity contribution in [3.8, 4) is 5.75 Å². The van der Waals surface area contributed by atoms with Crippen molar-refractivity contribution in [2.24, 2.45) is 5.41 Å². The van der Waals surface area contributed by atoms with E-state index in [2.05, 4.69) is 5.32 Å². The quantitative estimate of drug-likeness (QED) is 0.510. The van der Waals surface area contributed by atoms with Crippen LogP contribution in [0.15, 0.2) is 18.2 Å². The van der Waals surface area contributed by atoms with Crippen LogP contribution in [0.1, 0.15) is 65.2 Å². The summed E-state index contributed by atoms with van der Waals surface area (Å²) in [7, 11) is 0. The van der Waals surface area contributed by atoms with E-state index in [0.717, 1.165) is 12.5 Å². The highest BCUT2D eigenvalue weighted by atomic mass is 16.6. The Labute approximate surface area is 161 Å². The fourth-order valence-corrected chi connectivity index (χ4v) is 1.81. The summed E-state index contributed by atoms with van der Waals surface area (Å²) in [4.78, 5) is 33.5. The highest BCUT2D eigenvalue weighted by Crippen LogP contribution is 2.29. The highest BCUT2D eigenvalue weighted by Gasteiger charge is 2.30. The summed E-state index contributed by atoms with van der Waals surface area (Å²) >= 11 is 0. The number of nitrogens with zero attached hydrogens (tertiary/aromatic N) is 1. The molecule has 0 saturated carbocycles. The Morgan fingerprint density at radius 1 is 1.22 bits per heavy atom. The van der Waals surface area contributed by atoms with Gasteiger partial charge in [0.05, 0.1) is 10.3 Å². The maximum atomic E-state index is 12.0. The molecule has 0 aliphatic rings. The molecular formula is C19H32N2O6. The predicted octanol–water partition coefficient (Wildman–Crippen LogP) is 4.28. The van der Waals surface area contributed by atoms with E-state index in [0.29, 0.717) is 6.54 Å². The third kappa shape index (κ3) is 8.52. The van der Waals surface area contributed by atoms with Gasteiger partial charge in [0.2, 0.25) is 5.91 Å². The number of aromatic carboxylic acids is 1. The maximum absolute atomic E-state index is 12.0. The number of benzene rings is 1. The predicted molar refractivity (Wildman–Crippen MR) is 105 cm³/mol. The third-order valence-corrected chi connectivity index (χ3v) is 3.15. The average Bonchev–Trinajstić information content (AvgIpc) is 2.67. The first-order valence-corrected chi connectivity index (χ1v) is 9.12. The summed E-state index contributed by atoms with van der Waals surface area (Å²) in [5.74, 6) is -1.83. The lowest BCUT2D eigenvalue weighted by Gasteiger charge is -2.24. The SMILES string of the molecule is CC.CC.CCCNC(=O)C(C)(C)COc1cccc([N+](=O)[O-])c1C(=O)O. The van der Waals surface area contributed by atoms with Crippen molar-refractivity contribution < 1.29 is 24.4 Å². The van der Waals surface area contributed by atoms with Gasteiger partial charge in [0.25, 0.3) is 5.69 Å². The van der Waals surface area contributed by atoms with Crippen molar-refractivity contribution in [2.75, 3.05) is 13.2 Å². The summed E-state index contributed by atoms with van der Waals surface area (Å²) in [5, 5.41) is 22.8. The molecule has 0 fully saturated rings. The zero-order chi connectivity index (χ0) is 21.6. The first-order chi connectivity index (χ1) is 12.7. The molecule has 0 spiro atoms. The number of carboxylic acid groups (broad SMARTS) is 1. The van der Waals surface area contributed by atoms with Crippen LogP contribution in [0.2, 0.25) is 0 Å². The van der Waals surface area contributed by atoms with Crippen molar-refractivity contribution >= 4 is 17.6 Å². The molecule has 0 heterocycles. The van der Waals surface area contributed by atoms with Crippen molar-refractivity contribution in [1.29, 1.82) is 0 Å². The summed E-state index contributed by atoms with van der Waals surface area (Å²) in [6.07, 6.45) is 0.788. The van der Waals surface area contributed by atoms with E-state index < -0.39 is 27.6 Å². The Bertz CT molecular complexity index is 614. The number of carbonyl (C=O) groups excluding carboxylic acids is 1. The number of nitro benzene ring substituents is 1. The number of ether oxygens (including phenoxy) is 1. The van der Waals surface area contributed by atoms with E-state index in [1.54, 1.807) is 13.8 Å². The zero-order valence-electron chi connectivity index (χ0n) is 17.3. The summed E-state index contributed by atoms with van der Waals surface area (Å²) in [6, 6.07) is 3.76. The van der Waals surface area contributed by atoms with Gasteiger partial charge in [0.15, 0.2) is 5.56 Å². The van der Waals surface area contributed by atoms with Crippen LogP contribution in [0.4, 0.5) is 5.69 Å². The van der Waals surface area contributed by atoms with E-state index in [-0.39, 0.29) is 18.3 Å². The molecule has 8 heteroatoms. The van der Waals surface area contributed by atoms with Gasteiger partial charge in [-0.2, -0.15) is 0 Å². The van der Waals surface area contributed by atoms with Crippen LogP contribution in [-0.2, 0) is 4.79 Å². The molecule has 2 N–H and O–H groups in total. The third-order valence-electron chi connectivity index (χ3n) is 3.15. The number of hydrogen-bond donors (Lipinski definition) is 2. The molecule has 154 valence electrons. The molecule has 0 saturated heterocycles. The number of nitrogens with one attached hydrogen (secondary N) is 1. The Hall–Kier alpha value is -2.64. The number of nitro groups is 1. The number of amides is 1. The van der Waals surface area contributed by atoms with E-state index in [1.807, 2.05) is 34.6 Å². The monoisotopic (exact) mass is 384 g/mol. The number of carboxylic acids is 1. The molecular weight excluding hydrogens is 352 g/mol. The molecule has 0 aliphatic carbocycles. The Balaban J connectivity index is 0. The van der Waals surface area contributed by atoms with Crippen molar-refractivity contribution in [2.45, 2.75) is 54.9 Å². The normalized spacial score (nSPS) is 9.74. The number of carbonyl (C=O) groups is 2. The molecule has 1 aromatic rings. The van der Waals surface area contributed by atoms with E-state index in [9.17, 15) is 24.8 Å². The zero-order valence-corrected chi connectivity index (χ0v) is 17.3.